The Kier molecular flexibility index (Phi) is 4.57. The van der Waals surface area contributed by atoms with Crippen molar-refractivity contribution in [2.24, 2.45) is 0 Å². The second kappa shape index (κ2) is 8.51. The van der Waals surface area contributed by atoms with E-state index in [1.807, 2.05) is 12.1 Å². The van der Waals surface area contributed by atoms with Crippen molar-refractivity contribution < 1.29 is 4.42 Å². The molecular weight excluding hydrogens is 547 g/mol. The van der Waals surface area contributed by atoms with Crippen molar-refractivity contribution in [3.8, 4) is 17.2 Å². The molecule has 0 N–H and O–H groups in total. The van der Waals surface area contributed by atoms with Crippen LogP contribution in [-0.4, -0.2) is 14.5 Å². The molecule has 0 aliphatic carbocycles. The minimum Gasteiger partial charge on any atom is -0.456 e. The van der Waals surface area contributed by atoms with Crippen LogP contribution in [0.2, 0.25) is 0 Å². The van der Waals surface area contributed by atoms with E-state index in [0.717, 1.165) is 54.4 Å². The van der Waals surface area contributed by atoms with Gasteiger partial charge in [0.15, 0.2) is 0 Å². The van der Waals surface area contributed by atoms with Crippen LogP contribution in [0.4, 0.5) is 0 Å². The molecule has 0 amide bonds. The fraction of sp³-hybridized carbons (Fsp3) is 0. The van der Waals surface area contributed by atoms with E-state index in [-0.39, 0.29) is 0 Å². The third kappa shape index (κ3) is 3.25. The van der Waals surface area contributed by atoms with E-state index in [1.54, 1.807) is 11.3 Å². The molecule has 200 valence electrons. The van der Waals surface area contributed by atoms with Gasteiger partial charge in [-0.1, -0.05) is 84.9 Å². The number of aromatic nitrogens is 3. The zero-order valence-corrected chi connectivity index (χ0v) is 23.6. The van der Waals surface area contributed by atoms with Crippen molar-refractivity contribution >= 4 is 86.2 Å². The molecule has 0 fully saturated rings. The summed E-state index contributed by atoms with van der Waals surface area (Å²) < 4.78 is 9.73. The van der Waals surface area contributed by atoms with Crippen LogP contribution < -0.4 is 0 Å². The summed E-state index contributed by atoms with van der Waals surface area (Å²) in [5, 5.41) is 9.27. The Hall–Kier alpha value is -5.52. The summed E-state index contributed by atoms with van der Waals surface area (Å²) in [7, 11) is 0. The number of hydrogen-bond donors (Lipinski definition) is 0. The maximum atomic E-state index is 6.31. The molecule has 0 atom stereocenters. The van der Waals surface area contributed by atoms with E-state index in [9.17, 15) is 0 Å². The summed E-state index contributed by atoms with van der Waals surface area (Å²) in [6.07, 6.45) is 0. The highest BCUT2D eigenvalue weighted by molar-refractivity contribution is 7.25. The van der Waals surface area contributed by atoms with Crippen LogP contribution in [0.3, 0.4) is 0 Å². The third-order valence-corrected chi connectivity index (χ3v) is 9.68. The largest absolute Gasteiger partial charge is 0.456 e. The normalized spacial score (nSPS) is 12.2. The maximum Gasteiger partial charge on any atom is 0.236 e. The number of rotatable bonds is 2. The summed E-state index contributed by atoms with van der Waals surface area (Å²) in [5.41, 5.74) is 5.85. The summed E-state index contributed by atoms with van der Waals surface area (Å²) in [6, 6.07) is 44.8. The summed E-state index contributed by atoms with van der Waals surface area (Å²) in [4.78, 5) is 11.6. The van der Waals surface area contributed by atoms with Gasteiger partial charge in [0.05, 0.1) is 16.7 Å². The van der Waals surface area contributed by atoms with Gasteiger partial charge in [0.25, 0.3) is 0 Å². The number of thiophene rings is 1. The zero-order valence-electron chi connectivity index (χ0n) is 22.8. The number of fused-ring (bicyclic) bond motifs is 10. The van der Waals surface area contributed by atoms with E-state index < -0.39 is 0 Å². The van der Waals surface area contributed by atoms with Crippen LogP contribution in [0.25, 0.3) is 92.0 Å². The first kappa shape index (κ1) is 23.1. The lowest BCUT2D eigenvalue weighted by molar-refractivity contribution is 0.669. The van der Waals surface area contributed by atoms with Crippen LogP contribution in [0.15, 0.2) is 132 Å². The van der Waals surface area contributed by atoms with Gasteiger partial charge in [-0.05, 0) is 53.2 Å². The average Bonchev–Trinajstić information content (AvgIpc) is 3.72. The van der Waals surface area contributed by atoms with Crippen molar-refractivity contribution in [3.63, 3.8) is 0 Å². The first-order chi connectivity index (χ1) is 21.3. The van der Waals surface area contributed by atoms with Crippen LogP contribution in [0.5, 0.6) is 0 Å². The molecule has 0 aliphatic rings. The fourth-order valence-corrected chi connectivity index (χ4v) is 7.74. The van der Waals surface area contributed by atoms with Gasteiger partial charge >= 0.3 is 0 Å². The topological polar surface area (TPSA) is 43.9 Å². The van der Waals surface area contributed by atoms with E-state index >= 15 is 0 Å². The van der Waals surface area contributed by atoms with Crippen molar-refractivity contribution in [1.29, 1.82) is 0 Å². The second-order valence-electron chi connectivity index (χ2n) is 11.0. The van der Waals surface area contributed by atoms with Crippen LogP contribution in [0.1, 0.15) is 0 Å². The Balaban J connectivity index is 1.33. The van der Waals surface area contributed by atoms with Crippen molar-refractivity contribution in [2.45, 2.75) is 0 Å². The molecule has 0 radical (unpaired) electrons. The van der Waals surface area contributed by atoms with Crippen LogP contribution in [-0.2, 0) is 0 Å². The predicted molar refractivity (Wildman–Crippen MR) is 179 cm³/mol. The summed E-state index contributed by atoms with van der Waals surface area (Å²) in [5.74, 6) is 0.667. The Bertz CT molecular complexity index is 2750. The highest BCUT2D eigenvalue weighted by atomic mass is 32.1. The number of para-hydroxylation sites is 2. The summed E-state index contributed by atoms with van der Waals surface area (Å²) >= 11 is 1.71. The number of furan rings is 1. The molecule has 10 aromatic rings. The molecule has 0 saturated heterocycles. The standard InChI is InChI=1S/C38H21N3OS/c1-2-10-23-20-31-29(19-22(23)9-1)25-11-3-6-14-30(25)41(31)38-39-36(35-28-13-5-8-16-34(28)43-37(35)40-38)24-17-18-27-26-12-4-7-15-32(26)42-33(27)21-24/h1-21H. The van der Waals surface area contributed by atoms with Crippen LogP contribution >= 0.6 is 11.3 Å². The molecule has 0 bridgehead atoms. The molecule has 5 heteroatoms. The number of hydrogen-bond acceptors (Lipinski definition) is 4. The molecule has 6 aromatic carbocycles. The van der Waals surface area contributed by atoms with Gasteiger partial charge in [-0.25, -0.2) is 9.97 Å². The SMILES string of the molecule is c1ccc2cc3c(cc2c1)c1ccccc1n3-c1nc(-c2ccc3c(c2)oc2ccccc23)c2c(n1)sc1ccccc12. The van der Waals surface area contributed by atoms with Gasteiger partial charge in [-0.3, -0.25) is 4.57 Å². The molecular formula is C38H21N3OS. The fourth-order valence-electron chi connectivity index (χ4n) is 6.66. The molecule has 4 nitrogen and oxygen atoms in total. The Morgan fingerprint density at radius 1 is 0.535 bits per heavy atom. The first-order valence-electron chi connectivity index (χ1n) is 14.3. The van der Waals surface area contributed by atoms with Gasteiger partial charge in [-0.15, -0.1) is 11.3 Å². The Morgan fingerprint density at radius 2 is 1.26 bits per heavy atom. The van der Waals surface area contributed by atoms with Gasteiger partial charge in [0, 0.05) is 42.6 Å². The average molecular weight is 568 g/mol. The third-order valence-electron chi connectivity index (χ3n) is 8.62. The zero-order chi connectivity index (χ0) is 28.1. The van der Waals surface area contributed by atoms with Crippen molar-refractivity contribution in [3.05, 3.63) is 127 Å². The lowest BCUT2D eigenvalue weighted by Crippen LogP contribution is -2.02. The van der Waals surface area contributed by atoms with Gasteiger partial charge in [0.1, 0.15) is 16.0 Å². The van der Waals surface area contributed by atoms with Gasteiger partial charge in [-0.2, -0.15) is 0 Å². The second-order valence-corrected chi connectivity index (χ2v) is 12.1. The Labute approximate surface area is 249 Å². The van der Waals surface area contributed by atoms with E-state index in [1.165, 1.54) is 31.6 Å². The van der Waals surface area contributed by atoms with Crippen LogP contribution in [0, 0.1) is 0 Å². The van der Waals surface area contributed by atoms with Gasteiger partial charge in [0.2, 0.25) is 5.95 Å². The molecule has 0 aliphatic heterocycles. The molecule has 0 spiro atoms. The minimum atomic E-state index is 0.667. The quantitative estimate of drug-likeness (QED) is 0.209. The molecule has 4 aromatic heterocycles. The molecule has 4 heterocycles. The molecule has 43 heavy (non-hydrogen) atoms. The first-order valence-corrected chi connectivity index (χ1v) is 15.2. The Morgan fingerprint density at radius 3 is 2.16 bits per heavy atom. The highest BCUT2D eigenvalue weighted by Crippen LogP contribution is 2.41. The summed E-state index contributed by atoms with van der Waals surface area (Å²) in [6.45, 7) is 0. The molecule has 0 unspecified atom stereocenters. The lowest BCUT2D eigenvalue weighted by Gasteiger charge is -2.10. The minimum absolute atomic E-state index is 0.667. The van der Waals surface area contributed by atoms with E-state index in [2.05, 4.69) is 120 Å². The molecule has 0 saturated carbocycles. The highest BCUT2D eigenvalue weighted by Gasteiger charge is 2.21. The van der Waals surface area contributed by atoms with Crippen molar-refractivity contribution in [1.82, 2.24) is 14.5 Å². The van der Waals surface area contributed by atoms with E-state index in [4.69, 9.17) is 14.4 Å². The lowest BCUT2D eigenvalue weighted by atomic mass is 10.0. The predicted octanol–water partition coefficient (Wildman–Crippen LogP) is 10.7. The van der Waals surface area contributed by atoms with Crippen molar-refractivity contribution in [2.75, 3.05) is 0 Å². The maximum absolute atomic E-state index is 6.31. The van der Waals surface area contributed by atoms with E-state index in [0.29, 0.717) is 5.95 Å². The smallest absolute Gasteiger partial charge is 0.236 e. The number of benzene rings is 6. The number of nitrogens with zero attached hydrogens (tertiary/aromatic N) is 3. The molecule has 10 rings (SSSR count). The monoisotopic (exact) mass is 567 g/mol. The van der Waals surface area contributed by atoms with Gasteiger partial charge < -0.3 is 4.42 Å².